The number of benzene rings is 3. The van der Waals surface area contributed by atoms with Crippen molar-refractivity contribution in [2.24, 2.45) is 0 Å². The average molecular weight is 403 g/mol. The summed E-state index contributed by atoms with van der Waals surface area (Å²) in [5.74, 6) is 0.565. The number of hydrogen-bond acceptors (Lipinski definition) is 4. The van der Waals surface area contributed by atoms with E-state index in [4.69, 9.17) is 9.72 Å². The molecule has 146 valence electrons. The molecule has 0 aliphatic carbocycles. The maximum absolute atomic E-state index is 13.5. The number of amides is 1. The summed E-state index contributed by atoms with van der Waals surface area (Å²) >= 11 is 1.55. The van der Waals surface area contributed by atoms with E-state index in [9.17, 15) is 4.79 Å². The molecular weight excluding hydrogens is 380 g/mol. The first-order valence-corrected chi connectivity index (χ1v) is 10.4. The minimum atomic E-state index is -0.0949. The van der Waals surface area contributed by atoms with Crippen LogP contribution >= 0.6 is 11.3 Å². The third-order valence-electron chi connectivity index (χ3n) is 4.83. The van der Waals surface area contributed by atoms with Gasteiger partial charge in [0.05, 0.1) is 23.9 Å². The molecule has 1 heterocycles. The Morgan fingerprint density at radius 3 is 2.59 bits per heavy atom. The fourth-order valence-electron chi connectivity index (χ4n) is 3.20. The number of aromatic nitrogens is 1. The smallest absolute Gasteiger partial charge is 0.260 e. The summed E-state index contributed by atoms with van der Waals surface area (Å²) in [4.78, 5) is 20.0. The Labute approximate surface area is 174 Å². The standard InChI is InChI=1S/C24H22N2O2S/c1-3-17-12-13-21-22(14-17)29-24(25-21)26(16-18-8-5-4-6-9-18)23(27)19-10-7-11-20(15-19)28-2/h4-15H,3,16H2,1-2H3. The fraction of sp³-hybridized carbons (Fsp3) is 0.167. The summed E-state index contributed by atoms with van der Waals surface area (Å²) in [5.41, 5.74) is 3.81. The first-order valence-electron chi connectivity index (χ1n) is 9.57. The van der Waals surface area contributed by atoms with Crippen molar-refractivity contribution < 1.29 is 9.53 Å². The van der Waals surface area contributed by atoms with Crippen LogP contribution in [0.2, 0.25) is 0 Å². The molecule has 5 heteroatoms. The van der Waals surface area contributed by atoms with Crippen LogP contribution in [0.25, 0.3) is 10.2 Å². The van der Waals surface area contributed by atoms with Gasteiger partial charge in [-0.2, -0.15) is 0 Å². The lowest BCUT2D eigenvalue weighted by atomic mass is 10.1. The molecule has 0 spiro atoms. The lowest BCUT2D eigenvalue weighted by Gasteiger charge is -2.20. The number of thiazole rings is 1. The van der Waals surface area contributed by atoms with Crippen LogP contribution < -0.4 is 9.64 Å². The maximum Gasteiger partial charge on any atom is 0.260 e. The van der Waals surface area contributed by atoms with E-state index in [1.807, 2.05) is 54.6 Å². The van der Waals surface area contributed by atoms with Gasteiger partial charge in [0, 0.05) is 5.56 Å². The van der Waals surface area contributed by atoms with Crippen molar-refractivity contribution in [3.8, 4) is 5.75 Å². The zero-order valence-electron chi connectivity index (χ0n) is 16.5. The molecule has 0 aliphatic rings. The molecule has 4 nitrogen and oxygen atoms in total. The summed E-state index contributed by atoms with van der Waals surface area (Å²) in [6.45, 7) is 2.59. The Balaban J connectivity index is 1.76. The summed E-state index contributed by atoms with van der Waals surface area (Å²) in [7, 11) is 1.60. The van der Waals surface area contributed by atoms with E-state index in [2.05, 4.69) is 19.1 Å². The highest BCUT2D eigenvalue weighted by molar-refractivity contribution is 7.22. The molecule has 4 rings (SSSR count). The average Bonchev–Trinajstić information content (AvgIpc) is 3.20. The maximum atomic E-state index is 13.5. The Bertz CT molecular complexity index is 1140. The van der Waals surface area contributed by atoms with Crippen molar-refractivity contribution in [3.63, 3.8) is 0 Å². The molecule has 0 fully saturated rings. The van der Waals surface area contributed by atoms with Gasteiger partial charge in [0.15, 0.2) is 5.13 Å². The van der Waals surface area contributed by atoms with Gasteiger partial charge >= 0.3 is 0 Å². The second-order valence-corrected chi connectivity index (χ2v) is 7.77. The molecule has 0 saturated carbocycles. The number of carbonyl (C=O) groups is 1. The molecule has 0 aliphatic heterocycles. The van der Waals surface area contributed by atoms with E-state index in [-0.39, 0.29) is 5.91 Å². The highest BCUT2D eigenvalue weighted by Gasteiger charge is 2.22. The van der Waals surface area contributed by atoms with Crippen LogP contribution in [-0.2, 0) is 13.0 Å². The third-order valence-corrected chi connectivity index (χ3v) is 5.87. The van der Waals surface area contributed by atoms with E-state index < -0.39 is 0 Å². The molecule has 0 N–H and O–H groups in total. The van der Waals surface area contributed by atoms with Gasteiger partial charge in [-0.25, -0.2) is 4.98 Å². The lowest BCUT2D eigenvalue weighted by molar-refractivity contribution is 0.0985. The zero-order valence-corrected chi connectivity index (χ0v) is 17.3. The van der Waals surface area contributed by atoms with Gasteiger partial charge in [0.1, 0.15) is 5.75 Å². The predicted octanol–water partition coefficient (Wildman–Crippen LogP) is 5.71. The van der Waals surface area contributed by atoms with Crippen LogP contribution in [0.3, 0.4) is 0 Å². The first kappa shape index (κ1) is 19.2. The second kappa shape index (κ2) is 8.45. The predicted molar refractivity (Wildman–Crippen MR) is 119 cm³/mol. The van der Waals surface area contributed by atoms with Gasteiger partial charge in [-0.15, -0.1) is 0 Å². The minimum Gasteiger partial charge on any atom is -0.497 e. The van der Waals surface area contributed by atoms with E-state index >= 15 is 0 Å². The Hall–Kier alpha value is -3.18. The van der Waals surface area contributed by atoms with Gasteiger partial charge in [-0.3, -0.25) is 9.69 Å². The Kier molecular flexibility index (Phi) is 5.58. The number of ether oxygens (including phenoxy) is 1. The molecule has 4 aromatic rings. The minimum absolute atomic E-state index is 0.0949. The lowest BCUT2D eigenvalue weighted by Crippen LogP contribution is -2.30. The SMILES string of the molecule is CCc1ccc2nc(N(Cc3ccccc3)C(=O)c3cccc(OC)c3)sc2c1. The second-order valence-electron chi connectivity index (χ2n) is 6.76. The molecule has 0 bridgehead atoms. The number of methoxy groups -OCH3 is 1. The molecular formula is C24H22N2O2S. The van der Waals surface area contributed by atoms with Crippen molar-refractivity contribution >= 4 is 32.6 Å². The summed E-state index contributed by atoms with van der Waals surface area (Å²) in [6, 6.07) is 23.5. The number of hydrogen-bond donors (Lipinski definition) is 0. The van der Waals surface area contributed by atoms with Crippen LogP contribution in [0.4, 0.5) is 5.13 Å². The molecule has 3 aromatic carbocycles. The van der Waals surface area contributed by atoms with Crippen LogP contribution in [-0.4, -0.2) is 18.0 Å². The van der Waals surface area contributed by atoms with E-state index in [1.54, 1.807) is 29.4 Å². The Morgan fingerprint density at radius 2 is 1.83 bits per heavy atom. The van der Waals surface area contributed by atoms with Crippen molar-refractivity contribution in [2.45, 2.75) is 19.9 Å². The van der Waals surface area contributed by atoms with E-state index in [0.29, 0.717) is 23.0 Å². The van der Waals surface area contributed by atoms with Crippen molar-refractivity contribution in [2.75, 3.05) is 12.0 Å². The first-order chi connectivity index (χ1) is 14.2. The zero-order chi connectivity index (χ0) is 20.2. The number of anilines is 1. The number of rotatable bonds is 6. The van der Waals surface area contributed by atoms with Crippen molar-refractivity contribution in [1.82, 2.24) is 4.98 Å². The van der Waals surface area contributed by atoms with Gasteiger partial charge < -0.3 is 4.74 Å². The normalized spacial score (nSPS) is 10.8. The largest absolute Gasteiger partial charge is 0.497 e. The van der Waals surface area contributed by atoms with E-state index in [0.717, 1.165) is 22.2 Å². The molecule has 0 atom stereocenters. The topological polar surface area (TPSA) is 42.4 Å². The molecule has 0 radical (unpaired) electrons. The van der Waals surface area contributed by atoms with Crippen LogP contribution in [0.5, 0.6) is 5.75 Å². The van der Waals surface area contributed by atoms with Crippen LogP contribution in [0, 0.1) is 0 Å². The number of fused-ring (bicyclic) bond motifs is 1. The molecule has 0 unspecified atom stereocenters. The monoisotopic (exact) mass is 402 g/mol. The van der Waals surface area contributed by atoms with Crippen LogP contribution in [0.1, 0.15) is 28.4 Å². The summed E-state index contributed by atoms with van der Waals surface area (Å²) in [6.07, 6.45) is 0.972. The van der Waals surface area contributed by atoms with Crippen molar-refractivity contribution in [1.29, 1.82) is 0 Å². The van der Waals surface area contributed by atoms with Gasteiger partial charge in [-0.05, 0) is 47.9 Å². The number of nitrogens with zero attached hydrogens (tertiary/aromatic N) is 2. The molecule has 1 aromatic heterocycles. The quantitative estimate of drug-likeness (QED) is 0.415. The van der Waals surface area contributed by atoms with Gasteiger partial charge in [0.2, 0.25) is 0 Å². The molecule has 29 heavy (non-hydrogen) atoms. The number of aryl methyl sites for hydroxylation is 1. The third kappa shape index (κ3) is 4.15. The Morgan fingerprint density at radius 1 is 1.00 bits per heavy atom. The highest BCUT2D eigenvalue weighted by atomic mass is 32.1. The fourth-order valence-corrected chi connectivity index (χ4v) is 4.22. The molecule has 1 amide bonds. The number of carbonyl (C=O) groups excluding carboxylic acids is 1. The van der Waals surface area contributed by atoms with Crippen LogP contribution in [0.15, 0.2) is 72.8 Å². The van der Waals surface area contributed by atoms with Gasteiger partial charge in [-0.1, -0.05) is 60.7 Å². The molecule has 0 saturated heterocycles. The summed E-state index contributed by atoms with van der Waals surface area (Å²) in [5, 5.41) is 0.699. The van der Waals surface area contributed by atoms with E-state index in [1.165, 1.54) is 5.56 Å². The highest BCUT2D eigenvalue weighted by Crippen LogP contribution is 2.32. The van der Waals surface area contributed by atoms with Gasteiger partial charge in [0.25, 0.3) is 5.91 Å². The van der Waals surface area contributed by atoms with Crippen molar-refractivity contribution in [3.05, 3.63) is 89.5 Å². The summed E-state index contributed by atoms with van der Waals surface area (Å²) < 4.78 is 6.39.